The SMILES string of the molecule is CC.CC.CC.CC(C)C.COC1CCCC1.NC(=O)[C@@H]1CCCN1C(=O)CNC=O. The molecule has 1 saturated heterocycles. The van der Waals surface area contributed by atoms with Gasteiger partial charge in [-0.05, 0) is 31.6 Å². The Morgan fingerprint density at radius 1 is 1.00 bits per heavy atom. The van der Waals surface area contributed by atoms with E-state index in [4.69, 9.17) is 10.5 Å². The summed E-state index contributed by atoms with van der Waals surface area (Å²) in [6.45, 7) is 19.0. The van der Waals surface area contributed by atoms with Crippen molar-refractivity contribution < 1.29 is 19.1 Å². The van der Waals surface area contributed by atoms with E-state index in [1.54, 1.807) is 7.11 Å². The third kappa shape index (κ3) is 22.9. The summed E-state index contributed by atoms with van der Waals surface area (Å²) in [5.41, 5.74) is 5.13. The number of hydrogen-bond acceptors (Lipinski definition) is 4. The summed E-state index contributed by atoms with van der Waals surface area (Å²) in [5.74, 6) is 0.0837. The zero-order valence-electron chi connectivity index (χ0n) is 22.1. The maximum Gasteiger partial charge on any atom is 0.242 e. The van der Waals surface area contributed by atoms with E-state index in [2.05, 4.69) is 26.1 Å². The molecule has 0 aromatic rings. The molecule has 1 atom stereocenters. The number of primary amides is 1. The number of carbonyl (C=O) groups is 3. The van der Waals surface area contributed by atoms with Crippen LogP contribution < -0.4 is 11.1 Å². The molecule has 0 radical (unpaired) electrons. The van der Waals surface area contributed by atoms with Gasteiger partial charge in [0.25, 0.3) is 0 Å². The summed E-state index contributed by atoms with van der Waals surface area (Å²) in [5, 5.41) is 2.26. The highest BCUT2D eigenvalue weighted by Crippen LogP contribution is 2.19. The molecule has 1 aliphatic heterocycles. The molecule has 0 aromatic carbocycles. The van der Waals surface area contributed by atoms with E-state index in [-0.39, 0.29) is 12.5 Å². The Kier molecular flexibility index (Phi) is 33.6. The second-order valence-corrected chi connectivity index (χ2v) is 7.02. The highest BCUT2D eigenvalue weighted by Gasteiger charge is 2.32. The fourth-order valence-electron chi connectivity index (χ4n) is 2.72. The zero-order valence-corrected chi connectivity index (χ0v) is 22.1. The van der Waals surface area contributed by atoms with Crippen molar-refractivity contribution in [3.8, 4) is 0 Å². The molecule has 1 heterocycles. The number of amides is 3. The average Bonchev–Trinajstić information content (AvgIpc) is 3.48. The molecular weight excluding hydrogens is 394 g/mol. The molecule has 2 aliphatic rings. The summed E-state index contributed by atoms with van der Waals surface area (Å²) in [6.07, 6.45) is 7.76. The average molecular weight is 448 g/mol. The van der Waals surface area contributed by atoms with Crippen LogP contribution in [0.3, 0.4) is 0 Å². The van der Waals surface area contributed by atoms with Gasteiger partial charge in [-0.15, -0.1) is 0 Å². The van der Waals surface area contributed by atoms with Gasteiger partial charge in [-0.3, -0.25) is 14.4 Å². The van der Waals surface area contributed by atoms with Gasteiger partial charge in [0.15, 0.2) is 0 Å². The lowest BCUT2D eigenvalue weighted by Crippen LogP contribution is -2.46. The second kappa shape index (κ2) is 28.4. The lowest BCUT2D eigenvalue weighted by molar-refractivity contribution is -0.137. The van der Waals surface area contributed by atoms with Crippen molar-refractivity contribution >= 4 is 18.2 Å². The number of carbonyl (C=O) groups excluding carboxylic acids is 3. The van der Waals surface area contributed by atoms with Gasteiger partial charge in [0, 0.05) is 13.7 Å². The number of nitrogens with zero attached hydrogens (tertiary/aromatic N) is 1. The number of methoxy groups -OCH3 is 1. The van der Waals surface area contributed by atoms with Crippen molar-refractivity contribution in [2.24, 2.45) is 11.7 Å². The Morgan fingerprint density at radius 2 is 1.45 bits per heavy atom. The van der Waals surface area contributed by atoms with Crippen LogP contribution in [0.2, 0.25) is 0 Å². The number of rotatable bonds is 5. The number of hydrogen-bond donors (Lipinski definition) is 2. The molecule has 7 heteroatoms. The van der Waals surface area contributed by atoms with Crippen molar-refractivity contribution in [1.29, 1.82) is 0 Å². The van der Waals surface area contributed by atoms with E-state index in [0.717, 1.165) is 12.3 Å². The molecule has 3 N–H and O–H groups in total. The first kappa shape index (κ1) is 36.7. The van der Waals surface area contributed by atoms with Crippen LogP contribution in [-0.2, 0) is 19.1 Å². The van der Waals surface area contributed by atoms with Crippen LogP contribution in [0.5, 0.6) is 0 Å². The maximum atomic E-state index is 11.4. The summed E-state index contributed by atoms with van der Waals surface area (Å²) < 4.78 is 5.11. The minimum Gasteiger partial charge on any atom is -0.381 e. The lowest BCUT2D eigenvalue weighted by Gasteiger charge is -2.21. The zero-order chi connectivity index (χ0) is 25.2. The lowest BCUT2D eigenvalue weighted by atomic mass is 10.2. The normalized spacial score (nSPS) is 16.4. The third-order valence-electron chi connectivity index (χ3n) is 3.87. The largest absolute Gasteiger partial charge is 0.381 e. The van der Waals surface area contributed by atoms with Crippen LogP contribution in [0.1, 0.15) is 101 Å². The number of ether oxygens (including phenoxy) is 1. The van der Waals surface area contributed by atoms with E-state index in [1.807, 2.05) is 41.5 Å². The van der Waals surface area contributed by atoms with Crippen molar-refractivity contribution in [3.05, 3.63) is 0 Å². The van der Waals surface area contributed by atoms with Gasteiger partial charge in [0.2, 0.25) is 18.2 Å². The van der Waals surface area contributed by atoms with Gasteiger partial charge >= 0.3 is 0 Å². The van der Waals surface area contributed by atoms with Gasteiger partial charge in [0.05, 0.1) is 12.6 Å². The van der Waals surface area contributed by atoms with E-state index in [1.165, 1.54) is 30.6 Å². The quantitative estimate of drug-likeness (QED) is 0.605. The summed E-state index contributed by atoms with van der Waals surface area (Å²) in [4.78, 5) is 33.7. The second-order valence-electron chi connectivity index (χ2n) is 7.02. The highest BCUT2D eigenvalue weighted by atomic mass is 16.5. The van der Waals surface area contributed by atoms with Crippen LogP contribution in [0.25, 0.3) is 0 Å². The Balaban J connectivity index is -0.000000180. The first-order valence-corrected chi connectivity index (χ1v) is 12.1. The summed E-state index contributed by atoms with van der Waals surface area (Å²) in [7, 11) is 1.80. The van der Waals surface area contributed by atoms with Crippen molar-refractivity contribution in [3.63, 3.8) is 0 Å². The molecule has 0 aromatic heterocycles. The molecule has 2 fully saturated rings. The standard InChI is InChI=1S/C8H13N3O3.C6H12O.C4H10.3C2H6/c9-8(14)6-2-1-3-11(6)7(13)4-10-5-12;1-7-6-4-2-3-5-6;1-4(2)3;3*1-2/h5-6H,1-4H2,(H2,9,14)(H,10,12);6H,2-5H2,1H3;4H,1-3H3;3*1-2H3/t6-;;;;;/m0...../s1. The predicted molar refractivity (Wildman–Crippen MR) is 132 cm³/mol. The monoisotopic (exact) mass is 447 g/mol. The van der Waals surface area contributed by atoms with Gasteiger partial charge < -0.3 is 20.7 Å². The Labute approximate surface area is 192 Å². The molecule has 1 aliphatic carbocycles. The topological polar surface area (TPSA) is 102 Å². The third-order valence-corrected chi connectivity index (χ3v) is 3.87. The number of likely N-dealkylation sites (tertiary alicyclic amines) is 1. The first-order chi connectivity index (χ1) is 14.8. The molecule has 0 spiro atoms. The smallest absolute Gasteiger partial charge is 0.242 e. The van der Waals surface area contributed by atoms with Crippen LogP contribution in [0, 0.1) is 5.92 Å². The fourth-order valence-corrected chi connectivity index (χ4v) is 2.72. The van der Waals surface area contributed by atoms with Crippen LogP contribution >= 0.6 is 0 Å². The Morgan fingerprint density at radius 3 is 1.77 bits per heavy atom. The van der Waals surface area contributed by atoms with Crippen molar-refractivity contribution in [2.75, 3.05) is 20.2 Å². The molecule has 2 rings (SSSR count). The van der Waals surface area contributed by atoms with Crippen molar-refractivity contribution in [2.45, 2.75) is 113 Å². The fraction of sp³-hybridized carbons (Fsp3) is 0.875. The van der Waals surface area contributed by atoms with Gasteiger partial charge in [-0.25, -0.2) is 0 Å². The molecule has 3 amide bonds. The number of nitrogens with one attached hydrogen (secondary N) is 1. The molecule has 7 nitrogen and oxygen atoms in total. The Hall–Kier alpha value is -1.63. The molecule has 0 bridgehead atoms. The maximum absolute atomic E-state index is 11.4. The van der Waals surface area contributed by atoms with Gasteiger partial charge in [0.1, 0.15) is 6.04 Å². The van der Waals surface area contributed by atoms with E-state index in [0.29, 0.717) is 25.5 Å². The Bertz CT molecular complexity index is 396. The molecule has 1 saturated carbocycles. The predicted octanol–water partition coefficient (Wildman–Crippen LogP) is 4.53. The minimum absolute atomic E-state index is 0.0761. The molecule has 188 valence electrons. The van der Waals surface area contributed by atoms with E-state index >= 15 is 0 Å². The van der Waals surface area contributed by atoms with Crippen molar-refractivity contribution in [1.82, 2.24) is 10.2 Å². The summed E-state index contributed by atoms with van der Waals surface area (Å²) >= 11 is 0. The van der Waals surface area contributed by atoms with Gasteiger partial charge in [-0.2, -0.15) is 0 Å². The molecule has 0 unspecified atom stereocenters. The van der Waals surface area contributed by atoms with Crippen LogP contribution in [0.4, 0.5) is 0 Å². The summed E-state index contributed by atoms with van der Waals surface area (Å²) in [6, 6.07) is -0.504. The molecule has 31 heavy (non-hydrogen) atoms. The minimum atomic E-state index is -0.504. The van der Waals surface area contributed by atoms with E-state index < -0.39 is 11.9 Å². The number of nitrogens with two attached hydrogens (primary N) is 1. The van der Waals surface area contributed by atoms with Crippen LogP contribution in [0.15, 0.2) is 0 Å². The van der Waals surface area contributed by atoms with Gasteiger partial charge in [-0.1, -0.05) is 75.2 Å². The van der Waals surface area contributed by atoms with E-state index in [9.17, 15) is 14.4 Å². The highest BCUT2D eigenvalue weighted by molar-refractivity contribution is 5.88. The first-order valence-electron chi connectivity index (χ1n) is 12.1. The molecular formula is C24H53N3O4. The van der Waals surface area contributed by atoms with Crippen LogP contribution in [-0.4, -0.2) is 55.5 Å².